The number of benzene rings is 2. The van der Waals surface area contributed by atoms with E-state index in [0.29, 0.717) is 17.9 Å². The number of nitrogens with one attached hydrogen (secondary N) is 2. The van der Waals surface area contributed by atoms with Gasteiger partial charge < -0.3 is 15.4 Å². The van der Waals surface area contributed by atoms with Crippen molar-refractivity contribution in [2.45, 2.75) is 6.92 Å². The van der Waals surface area contributed by atoms with Gasteiger partial charge in [0.25, 0.3) is 23.4 Å². The Kier molecular flexibility index (Phi) is 6.78. The standard InChI is InChI=1S/C21H20N4O7/c1-2-32-15-6-3-13(4-7-15)19(27)23-10-9-22-18(26)12-24-20(28)16-8-5-14(25(30)31)11-17(16)21(24)29/h3-8,11H,2,9-10,12H2,1H3,(H,22,26)(H,23,27). The SMILES string of the molecule is CCOc1ccc(C(=O)NCCNC(=O)CN2C(=O)c3ccc([N+](=O)[O-])cc3C2=O)cc1. The van der Waals surface area contributed by atoms with Crippen molar-refractivity contribution in [3.8, 4) is 5.75 Å². The van der Waals surface area contributed by atoms with Crippen LogP contribution >= 0.6 is 0 Å². The number of nitrogens with zero attached hydrogens (tertiary/aromatic N) is 2. The highest BCUT2D eigenvalue weighted by Gasteiger charge is 2.37. The Balaban J connectivity index is 1.47. The second-order valence-electron chi connectivity index (χ2n) is 6.75. The number of non-ortho nitro benzene ring substituents is 1. The molecule has 32 heavy (non-hydrogen) atoms. The fraction of sp³-hybridized carbons (Fsp3) is 0.238. The molecule has 11 nitrogen and oxygen atoms in total. The molecule has 2 aromatic rings. The number of carbonyl (C=O) groups is 4. The lowest BCUT2D eigenvalue weighted by molar-refractivity contribution is -0.384. The third-order valence-electron chi connectivity index (χ3n) is 4.63. The smallest absolute Gasteiger partial charge is 0.270 e. The Labute approximate surface area is 182 Å². The number of nitro benzene ring substituents is 1. The lowest BCUT2D eigenvalue weighted by atomic mass is 10.1. The fourth-order valence-electron chi connectivity index (χ4n) is 3.08. The first kappa shape index (κ1) is 22.4. The molecule has 0 spiro atoms. The summed E-state index contributed by atoms with van der Waals surface area (Å²) in [5, 5.41) is 16.0. The van der Waals surface area contributed by atoms with Gasteiger partial charge in [0.2, 0.25) is 5.91 Å². The van der Waals surface area contributed by atoms with Gasteiger partial charge in [-0.25, -0.2) is 0 Å². The van der Waals surface area contributed by atoms with Gasteiger partial charge in [-0.3, -0.25) is 34.2 Å². The lowest BCUT2D eigenvalue weighted by Crippen LogP contribution is -2.42. The summed E-state index contributed by atoms with van der Waals surface area (Å²) in [6.07, 6.45) is 0. The lowest BCUT2D eigenvalue weighted by Gasteiger charge is -2.13. The molecular formula is C21H20N4O7. The summed E-state index contributed by atoms with van der Waals surface area (Å²) < 4.78 is 5.31. The molecule has 166 valence electrons. The molecule has 1 heterocycles. The number of amides is 4. The van der Waals surface area contributed by atoms with Crippen LogP contribution < -0.4 is 15.4 Å². The van der Waals surface area contributed by atoms with Crippen LogP contribution in [0.15, 0.2) is 42.5 Å². The summed E-state index contributed by atoms with van der Waals surface area (Å²) in [5.41, 5.74) is 0.00927. The average Bonchev–Trinajstić information content (AvgIpc) is 3.01. The number of fused-ring (bicyclic) bond motifs is 1. The number of rotatable bonds is 9. The van der Waals surface area contributed by atoms with Crippen molar-refractivity contribution in [3.63, 3.8) is 0 Å². The molecule has 0 atom stereocenters. The fourth-order valence-corrected chi connectivity index (χ4v) is 3.08. The molecule has 4 amide bonds. The van der Waals surface area contributed by atoms with Crippen LogP contribution in [0.25, 0.3) is 0 Å². The molecule has 0 bridgehead atoms. The first-order valence-electron chi connectivity index (χ1n) is 9.74. The highest BCUT2D eigenvalue weighted by atomic mass is 16.6. The molecule has 0 saturated carbocycles. The Bertz CT molecular complexity index is 1080. The summed E-state index contributed by atoms with van der Waals surface area (Å²) in [6, 6.07) is 9.93. The molecule has 11 heteroatoms. The average molecular weight is 440 g/mol. The van der Waals surface area contributed by atoms with E-state index < -0.39 is 29.2 Å². The van der Waals surface area contributed by atoms with Crippen LogP contribution in [-0.4, -0.2) is 59.7 Å². The van der Waals surface area contributed by atoms with E-state index in [1.54, 1.807) is 24.3 Å². The first-order valence-corrected chi connectivity index (χ1v) is 9.74. The van der Waals surface area contributed by atoms with E-state index in [1.165, 1.54) is 6.07 Å². The van der Waals surface area contributed by atoms with Crippen LogP contribution in [0.1, 0.15) is 38.0 Å². The van der Waals surface area contributed by atoms with E-state index >= 15 is 0 Å². The summed E-state index contributed by atoms with van der Waals surface area (Å²) in [6.45, 7) is 2.05. The van der Waals surface area contributed by atoms with E-state index in [1.807, 2.05) is 6.92 Å². The molecule has 2 N–H and O–H groups in total. The Morgan fingerprint density at radius 1 is 1.00 bits per heavy atom. The molecule has 0 aliphatic carbocycles. The monoisotopic (exact) mass is 440 g/mol. The Morgan fingerprint density at radius 3 is 2.31 bits per heavy atom. The van der Waals surface area contributed by atoms with Gasteiger partial charge in [-0.1, -0.05) is 0 Å². The van der Waals surface area contributed by atoms with Crippen molar-refractivity contribution in [1.82, 2.24) is 15.5 Å². The maximum absolute atomic E-state index is 12.4. The van der Waals surface area contributed by atoms with Crippen LogP contribution in [-0.2, 0) is 4.79 Å². The summed E-state index contributed by atoms with van der Waals surface area (Å²) in [7, 11) is 0. The predicted molar refractivity (Wildman–Crippen MR) is 111 cm³/mol. The van der Waals surface area contributed by atoms with Gasteiger partial charge in [-0.15, -0.1) is 0 Å². The van der Waals surface area contributed by atoms with Crippen LogP contribution in [0, 0.1) is 10.1 Å². The van der Waals surface area contributed by atoms with Crippen molar-refractivity contribution in [2.24, 2.45) is 0 Å². The van der Waals surface area contributed by atoms with Gasteiger partial charge in [-0.2, -0.15) is 0 Å². The Hall–Kier alpha value is -4.28. The zero-order valence-corrected chi connectivity index (χ0v) is 17.1. The molecule has 3 rings (SSSR count). The quantitative estimate of drug-likeness (QED) is 0.257. The molecule has 0 fully saturated rings. The number of carbonyl (C=O) groups excluding carboxylic acids is 4. The summed E-state index contributed by atoms with van der Waals surface area (Å²) in [4.78, 5) is 59.9. The van der Waals surface area contributed by atoms with Crippen molar-refractivity contribution >= 4 is 29.3 Å². The molecule has 1 aliphatic rings. The molecule has 0 aromatic heterocycles. The summed E-state index contributed by atoms with van der Waals surface area (Å²) >= 11 is 0. The van der Waals surface area contributed by atoms with E-state index in [0.717, 1.165) is 17.0 Å². The van der Waals surface area contributed by atoms with Crippen molar-refractivity contribution in [1.29, 1.82) is 0 Å². The third kappa shape index (κ3) is 4.89. The second-order valence-corrected chi connectivity index (χ2v) is 6.75. The zero-order chi connectivity index (χ0) is 23.3. The van der Waals surface area contributed by atoms with E-state index in [9.17, 15) is 29.3 Å². The number of hydrogen-bond donors (Lipinski definition) is 2. The van der Waals surface area contributed by atoms with Gasteiger partial charge in [-0.05, 0) is 37.3 Å². The number of ether oxygens (including phenoxy) is 1. The largest absolute Gasteiger partial charge is 0.494 e. The number of imide groups is 1. The van der Waals surface area contributed by atoms with Gasteiger partial charge in [0.1, 0.15) is 12.3 Å². The molecule has 0 unspecified atom stereocenters. The zero-order valence-electron chi connectivity index (χ0n) is 17.1. The van der Waals surface area contributed by atoms with Gasteiger partial charge >= 0.3 is 0 Å². The molecular weight excluding hydrogens is 420 g/mol. The van der Waals surface area contributed by atoms with Crippen molar-refractivity contribution in [2.75, 3.05) is 26.2 Å². The first-order chi connectivity index (χ1) is 15.3. The third-order valence-corrected chi connectivity index (χ3v) is 4.63. The maximum Gasteiger partial charge on any atom is 0.270 e. The van der Waals surface area contributed by atoms with Crippen LogP contribution in [0.5, 0.6) is 5.75 Å². The molecule has 2 aromatic carbocycles. The van der Waals surface area contributed by atoms with Crippen LogP contribution in [0.3, 0.4) is 0 Å². The number of hydrogen-bond acceptors (Lipinski definition) is 7. The second kappa shape index (κ2) is 9.69. The predicted octanol–water partition coefficient (Wildman–Crippen LogP) is 1.14. The molecule has 0 saturated heterocycles. The highest BCUT2D eigenvalue weighted by Crippen LogP contribution is 2.26. The molecule has 1 aliphatic heterocycles. The van der Waals surface area contributed by atoms with E-state index in [4.69, 9.17) is 4.74 Å². The molecule has 0 radical (unpaired) electrons. The topological polar surface area (TPSA) is 148 Å². The normalized spacial score (nSPS) is 12.3. The maximum atomic E-state index is 12.4. The number of nitro groups is 1. The van der Waals surface area contributed by atoms with Crippen LogP contribution in [0.2, 0.25) is 0 Å². The minimum absolute atomic E-state index is 0.0102. The Morgan fingerprint density at radius 2 is 1.66 bits per heavy atom. The van der Waals surface area contributed by atoms with Crippen LogP contribution in [0.4, 0.5) is 5.69 Å². The van der Waals surface area contributed by atoms with E-state index in [2.05, 4.69) is 10.6 Å². The minimum atomic E-state index is -0.771. The minimum Gasteiger partial charge on any atom is -0.494 e. The highest BCUT2D eigenvalue weighted by molar-refractivity contribution is 6.22. The summed E-state index contributed by atoms with van der Waals surface area (Å²) in [5.74, 6) is -1.75. The van der Waals surface area contributed by atoms with Crippen molar-refractivity contribution in [3.05, 3.63) is 69.3 Å². The van der Waals surface area contributed by atoms with E-state index in [-0.39, 0.29) is 35.8 Å². The van der Waals surface area contributed by atoms with Crippen molar-refractivity contribution < 1.29 is 28.8 Å². The van der Waals surface area contributed by atoms with Gasteiger partial charge in [0.15, 0.2) is 0 Å². The van der Waals surface area contributed by atoms with Gasteiger partial charge in [0, 0.05) is 30.8 Å². The van der Waals surface area contributed by atoms with Gasteiger partial charge in [0.05, 0.1) is 22.7 Å².